The summed E-state index contributed by atoms with van der Waals surface area (Å²) >= 11 is 0. The van der Waals surface area contributed by atoms with Gasteiger partial charge in [-0.25, -0.2) is 0 Å². The van der Waals surface area contributed by atoms with Crippen LogP contribution in [-0.2, 0) is 13.3 Å². The average Bonchev–Trinajstić information content (AvgIpc) is 2.49. The quantitative estimate of drug-likeness (QED) is 0.232. The van der Waals surface area contributed by atoms with Crippen LogP contribution in [0.2, 0.25) is 6.04 Å². The number of hydrogen-bond acceptors (Lipinski definition) is 3. The second kappa shape index (κ2) is 15.6. The molecule has 0 N–H and O–H groups in total. The van der Waals surface area contributed by atoms with Crippen molar-refractivity contribution in [2.75, 3.05) is 19.8 Å². The first-order chi connectivity index (χ1) is 11.1. The summed E-state index contributed by atoms with van der Waals surface area (Å²) in [6.07, 6.45) is 12.1. The Hall–Kier alpha value is 0.0969. The van der Waals surface area contributed by atoms with Crippen LogP contribution >= 0.6 is 0 Å². The average molecular weight is 347 g/mol. The highest BCUT2D eigenvalue weighted by Crippen LogP contribution is 2.21. The van der Waals surface area contributed by atoms with E-state index in [0.717, 1.165) is 12.0 Å². The molecule has 0 unspecified atom stereocenters. The third kappa shape index (κ3) is 13.1. The molecule has 0 spiro atoms. The molecule has 0 amide bonds. The Balaban J connectivity index is 3.69. The zero-order valence-corrected chi connectivity index (χ0v) is 17.5. The van der Waals surface area contributed by atoms with Crippen LogP contribution in [0.3, 0.4) is 0 Å². The Morgan fingerprint density at radius 2 is 1.00 bits per heavy atom. The lowest BCUT2D eigenvalue weighted by Gasteiger charge is -2.28. The highest BCUT2D eigenvalue weighted by molar-refractivity contribution is 6.60. The topological polar surface area (TPSA) is 27.7 Å². The molecule has 0 saturated carbocycles. The van der Waals surface area contributed by atoms with Crippen molar-refractivity contribution in [1.29, 1.82) is 0 Å². The summed E-state index contributed by atoms with van der Waals surface area (Å²) in [6, 6.07) is 0.969. The summed E-state index contributed by atoms with van der Waals surface area (Å²) in [5, 5.41) is 0. The smallest absolute Gasteiger partial charge is 0.374 e. The second-order valence-electron chi connectivity index (χ2n) is 6.74. The fourth-order valence-electron chi connectivity index (χ4n) is 2.96. The fraction of sp³-hybridized carbons (Fsp3) is 1.00. The van der Waals surface area contributed by atoms with Crippen LogP contribution in [0, 0.1) is 5.92 Å². The van der Waals surface area contributed by atoms with E-state index in [1.54, 1.807) is 0 Å². The molecule has 0 rings (SSSR count). The summed E-state index contributed by atoms with van der Waals surface area (Å²) in [7, 11) is -2.39. The van der Waals surface area contributed by atoms with Crippen molar-refractivity contribution >= 4 is 8.80 Å². The summed E-state index contributed by atoms with van der Waals surface area (Å²) in [5.41, 5.74) is 0. The maximum absolute atomic E-state index is 5.90. The Labute approximate surface area is 146 Å². The van der Waals surface area contributed by atoms with Gasteiger partial charge in [0.1, 0.15) is 0 Å². The molecule has 0 radical (unpaired) electrons. The summed E-state index contributed by atoms with van der Waals surface area (Å²) in [5.74, 6) is 0.862. The van der Waals surface area contributed by atoms with Gasteiger partial charge in [0.05, 0.1) is 0 Å². The van der Waals surface area contributed by atoms with Crippen LogP contribution in [0.15, 0.2) is 0 Å². The molecule has 0 fully saturated rings. The predicted octanol–water partition coefficient (Wildman–Crippen LogP) is 6.20. The summed E-state index contributed by atoms with van der Waals surface area (Å²) < 4.78 is 17.7. The third-order valence-electron chi connectivity index (χ3n) is 4.11. The van der Waals surface area contributed by atoms with Gasteiger partial charge in [-0.2, -0.15) is 0 Å². The molecule has 0 aliphatic heterocycles. The lowest BCUT2D eigenvalue weighted by atomic mass is 10.0. The normalized spacial score (nSPS) is 12.3. The van der Waals surface area contributed by atoms with Crippen LogP contribution in [-0.4, -0.2) is 28.6 Å². The zero-order chi connectivity index (χ0) is 17.4. The molecule has 4 heteroatoms. The fourth-order valence-corrected chi connectivity index (χ4v) is 5.64. The van der Waals surface area contributed by atoms with E-state index in [1.807, 2.05) is 20.8 Å². The van der Waals surface area contributed by atoms with Crippen molar-refractivity contribution in [3.8, 4) is 0 Å². The molecular weight excluding hydrogens is 304 g/mol. The van der Waals surface area contributed by atoms with Gasteiger partial charge in [-0.15, -0.1) is 0 Å². The standard InChI is InChI=1S/C19H42O3Si/c1-6-20-23(21-7-2,22-8-3)18-16-14-12-10-9-11-13-15-17-19(4)5/h19H,6-18H2,1-5H3. The second-order valence-corrected chi connectivity index (χ2v) is 9.48. The van der Waals surface area contributed by atoms with Gasteiger partial charge in [0.25, 0.3) is 0 Å². The van der Waals surface area contributed by atoms with E-state index in [1.165, 1.54) is 57.8 Å². The molecule has 0 aromatic rings. The van der Waals surface area contributed by atoms with Crippen molar-refractivity contribution in [1.82, 2.24) is 0 Å². The van der Waals surface area contributed by atoms with Crippen molar-refractivity contribution in [3.63, 3.8) is 0 Å². The van der Waals surface area contributed by atoms with Crippen molar-refractivity contribution in [2.45, 2.75) is 98.5 Å². The van der Waals surface area contributed by atoms with Crippen LogP contribution in [0.1, 0.15) is 92.4 Å². The van der Waals surface area contributed by atoms with E-state index in [2.05, 4.69) is 13.8 Å². The van der Waals surface area contributed by atoms with Crippen LogP contribution < -0.4 is 0 Å². The summed E-state index contributed by atoms with van der Waals surface area (Å²) in [6.45, 7) is 12.8. The van der Waals surface area contributed by atoms with Gasteiger partial charge in [-0.1, -0.05) is 65.2 Å². The molecular formula is C19H42O3Si. The number of unbranched alkanes of at least 4 members (excludes halogenated alkanes) is 7. The van der Waals surface area contributed by atoms with Crippen LogP contribution in [0.4, 0.5) is 0 Å². The van der Waals surface area contributed by atoms with E-state index in [9.17, 15) is 0 Å². The highest BCUT2D eigenvalue weighted by atomic mass is 28.4. The van der Waals surface area contributed by atoms with Gasteiger partial charge in [0.2, 0.25) is 0 Å². The molecule has 3 nitrogen and oxygen atoms in total. The van der Waals surface area contributed by atoms with Gasteiger partial charge in [0.15, 0.2) is 0 Å². The SMILES string of the molecule is CCO[Si](CCCCCCCCCCC(C)C)(OCC)OCC. The van der Waals surface area contributed by atoms with Crippen molar-refractivity contribution in [3.05, 3.63) is 0 Å². The number of rotatable bonds is 17. The van der Waals surface area contributed by atoms with E-state index in [0.29, 0.717) is 19.8 Å². The third-order valence-corrected chi connectivity index (χ3v) is 7.26. The Morgan fingerprint density at radius 3 is 1.39 bits per heavy atom. The maximum atomic E-state index is 5.90. The molecule has 23 heavy (non-hydrogen) atoms. The van der Waals surface area contributed by atoms with Gasteiger partial charge < -0.3 is 13.3 Å². The molecule has 0 heterocycles. The molecule has 0 atom stereocenters. The zero-order valence-electron chi connectivity index (χ0n) is 16.5. The minimum Gasteiger partial charge on any atom is -0.374 e. The van der Waals surface area contributed by atoms with Gasteiger partial charge in [-0.3, -0.25) is 0 Å². The molecule has 0 aromatic heterocycles. The van der Waals surface area contributed by atoms with Gasteiger partial charge in [-0.05, 0) is 33.1 Å². The first kappa shape index (κ1) is 23.1. The van der Waals surface area contributed by atoms with Crippen molar-refractivity contribution < 1.29 is 13.3 Å². The first-order valence-corrected chi connectivity index (χ1v) is 11.9. The van der Waals surface area contributed by atoms with Crippen LogP contribution in [0.5, 0.6) is 0 Å². The Morgan fingerprint density at radius 1 is 0.609 bits per heavy atom. The van der Waals surface area contributed by atoms with Gasteiger partial charge in [0, 0.05) is 25.9 Å². The summed E-state index contributed by atoms with van der Waals surface area (Å²) in [4.78, 5) is 0. The van der Waals surface area contributed by atoms with Crippen molar-refractivity contribution in [2.24, 2.45) is 5.92 Å². The predicted molar refractivity (Wildman–Crippen MR) is 102 cm³/mol. The largest absolute Gasteiger partial charge is 0.500 e. The lowest BCUT2D eigenvalue weighted by Crippen LogP contribution is -2.45. The molecule has 0 bridgehead atoms. The minimum absolute atomic E-state index is 0.683. The lowest BCUT2D eigenvalue weighted by molar-refractivity contribution is 0.0706. The molecule has 0 aliphatic carbocycles. The highest BCUT2D eigenvalue weighted by Gasteiger charge is 2.39. The Kier molecular flexibility index (Phi) is 15.7. The number of hydrogen-bond donors (Lipinski definition) is 0. The molecule has 140 valence electrons. The molecule has 0 saturated heterocycles. The van der Waals surface area contributed by atoms with E-state index in [-0.39, 0.29) is 0 Å². The molecule has 0 aromatic carbocycles. The Bertz CT molecular complexity index is 230. The first-order valence-electron chi connectivity index (χ1n) is 10.0. The van der Waals surface area contributed by atoms with E-state index >= 15 is 0 Å². The van der Waals surface area contributed by atoms with Crippen LogP contribution in [0.25, 0.3) is 0 Å². The maximum Gasteiger partial charge on any atom is 0.500 e. The minimum atomic E-state index is -2.39. The van der Waals surface area contributed by atoms with E-state index < -0.39 is 8.80 Å². The monoisotopic (exact) mass is 346 g/mol. The van der Waals surface area contributed by atoms with E-state index in [4.69, 9.17) is 13.3 Å². The molecule has 0 aliphatic rings. The van der Waals surface area contributed by atoms with Gasteiger partial charge >= 0.3 is 8.80 Å².